The molecule has 1 aromatic rings. The third-order valence-corrected chi connectivity index (χ3v) is 6.50. The number of benzene rings is 1. The maximum atomic E-state index is 6.48. The zero-order valence-electron chi connectivity index (χ0n) is 13.6. The van der Waals surface area contributed by atoms with Crippen molar-refractivity contribution in [3.63, 3.8) is 0 Å². The molecule has 22 heavy (non-hydrogen) atoms. The molecule has 4 aliphatic rings. The van der Waals surface area contributed by atoms with Crippen molar-refractivity contribution >= 4 is 11.8 Å². The third kappa shape index (κ3) is 2.90. The zero-order chi connectivity index (χ0) is 15.2. The van der Waals surface area contributed by atoms with E-state index in [-0.39, 0.29) is 11.9 Å². The minimum atomic E-state index is -0.156. The van der Waals surface area contributed by atoms with Crippen molar-refractivity contribution in [2.75, 3.05) is 6.26 Å². The van der Waals surface area contributed by atoms with E-state index in [1.54, 1.807) is 11.8 Å². The quantitative estimate of drug-likeness (QED) is 0.554. The number of thioether (sulfide) groups is 1. The van der Waals surface area contributed by atoms with E-state index in [9.17, 15) is 0 Å². The van der Waals surface area contributed by atoms with E-state index >= 15 is 0 Å². The Labute approximate surface area is 138 Å². The maximum Gasteiger partial charge on any atom is 0.197 e. The fraction of sp³-hybridized carbons (Fsp3) is 0.684. The largest absolute Gasteiger partial charge is 0.465 e. The van der Waals surface area contributed by atoms with Crippen LogP contribution < -0.4 is 4.74 Å². The second kappa shape index (κ2) is 5.76. The summed E-state index contributed by atoms with van der Waals surface area (Å²) < 4.78 is 12.5. The van der Waals surface area contributed by atoms with E-state index in [2.05, 4.69) is 25.3 Å². The Morgan fingerprint density at radius 3 is 2.05 bits per heavy atom. The molecule has 1 atom stereocenters. The second-order valence-electron chi connectivity index (χ2n) is 7.58. The Balaban J connectivity index is 1.40. The molecule has 0 aliphatic heterocycles. The Kier molecular flexibility index (Phi) is 3.90. The van der Waals surface area contributed by atoms with Gasteiger partial charge in [-0.05, 0) is 93.7 Å². The van der Waals surface area contributed by atoms with Crippen LogP contribution in [-0.2, 0) is 4.74 Å². The molecule has 0 heterocycles. The van der Waals surface area contributed by atoms with Gasteiger partial charge in [0.1, 0.15) is 5.75 Å². The Hall–Kier alpha value is -0.670. The van der Waals surface area contributed by atoms with Gasteiger partial charge in [-0.3, -0.25) is 0 Å². The van der Waals surface area contributed by atoms with Crippen molar-refractivity contribution in [3.05, 3.63) is 24.3 Å². The lowest BCUT2D eigenvalue weighted by Gasteiger charge is -2.56. The molecule has 0 radical (unpaired) electrons. The van der Waals surface area contributed by atoms with Crippen LogP contribution >= 0.6 is 11.8 Å². The van der Waals surface area contributed by atoms with Crippen LogP contribution in [0.15, 0.2) is 29.2 Å². The van der Waals surface area contributed by atoms with Crippen molar-refractivity contribution in [1.82, 2.24) is 0 Å². The first-order chi connectivity index (χ1) is 10.6. The van der Waals surface area contributed by atoms with Crippen molar-refractivity contribution in [3.8, 4) is 5.75 Å². The number of hydrogen-bond donors (Lipinski definition) is 0. The van der Waals surface area contributed by atoms with E-state index in [1.165, 1.54) is 43.4 Å². The molecule has 1 unspecified atom stereocenters. The van der Waals surface area contributed by atoms with Gasteiger partial charge in [-0.2, -0.15) is 0 Å². The van der Waals surface area contributed by atoms with E-state index < -0.39 is 0 Å². The molecule has 3 heteroatoms. The summed E-state index contributed by atoms with van der Waals surface area (Å²) in [4.78, 5) is 1.27. The molecule has 1 aromatic carbocycles. The van der Waals surface area contributed by atoms with Crippen molar-refractivity contribution < 1.29 is 9.47 Å². The Bertz CT molecular complexity index is 489. The first-order valence-electron chi connectivity index (χ1n) is 8.63. The highest BCUT2D eigenvalue weighted by Crippen LogP contribution is 2.57. The van der Waals surface area contributed by atoms with Gasteiger partial charge in [0.05, 0.1) is 5.60 Å². The fourth-order valence-corrected chi connectivity index (χ4v) is 5.81. The van der Waals surface area contributed by atoms with Crippen LogP contribution in [0.5, 0.6) is 5.75 Å². The topological polar surface area (TPSA) is 18.5 Å². The van der Waals surface area contributed by atoms with Gasteiger partial charge in [-0.25, -0.2) is 0 Å². The van der Waals surface area contributed by atoms with Gasteiger partial charge in [0, 0.05) is 4.90 Å². The summed E-state index contributed by atoms with van der Waals surface area (Å²) in [6, 6.07) is 8.31. The number of hydrogen-bond acceptors (Lipinski definition) is 3. The highest BCUT2D eigenvalue weighted by atomic mass is 32.2. The summed E-state index contributed by atoms with van der Waals surface area (Å²) in [6.45, 7) is 2.06. The van der Waals surface area contributed by atoms with Crippen LogP contribution in [0.1, 0.15) is 45.4 Å². The molecule has 120 valence electrons. The molecule has 5 rings (SSSR count). The summed E-state index contributed by atoms with van der Waals surface area (Å²) >= 11 is 1.75. The Morgan fingerprint density at radius 2 is 1.55 bits per heavy atom. The SMILES string of the molecule is CSc1ccc(OC(C)OC23CC4CC(CC(C4)C2)C3)cc1. The lowest BCUT2D eigenvalue weighted by molar-refractivity contribution is -0.225. The van der Waals surface area contributed by atoms with Crippen molar-refractivity contribution in [2.24, 2.45) is 17.8 Å². The monoisotopic (exact) mass is 318 g/mol. The van der Waals surface area contributed by atoms with Crippen LogP contribution in [0, 0.1) is 17.8 Å². The molecule has 0 spiro atoms. The van der Waals surface area contributed by atoms with Crippen LogP contribution in [0.4, 0.5) is 0 Å². The molecular weight excluding hydrogens is 292 g/mol. The average molecular weight is 318 g/mol. The van der Waals surface area contributed by atoms with Crippen LogP contribution in [0.3, 0.4) is 0 Å². The summed E-state index contributed by atoms with van der Waals surface area (Å²) in [5.74, 6) is 3.66. The highest BCUT2D eigenvalue weighted by molar-refractivity contribution is 7.98. The van der Waals surface area contributed by atoms with Gasteiger partial charge < -0.3 is 9.47 Å². The fourth-order valence-electron chi connectivity index (χ4n) is 5.40. The van der Waals surface area contributed by atoms with Gasteiger partial charge in [-0.15, -0.1) is 11.8 Å². The number of rotatable bonds is 5. The van der Waals surface area contributed by atoms with Crippen LogP contribution in [-0.4, -0.2) is 18.1 Å². The zero-order valence-corrected chi connectivity index (χ0v) is 14.4. The van der Waals surface area contributed by atoms with Crippen molar-refractivity contribution in [1.29, 1.82) is 0 Å². The molecular formula is C19H26O2S. The second-order valence-corrected chi connectivity index (χ2v) is 8.46. The summed E-state index contributed by atoms with van der Waals surface area (Å²) in [7, 11) is 0. The molecule has 0 aromatic heterocycles. The van der Waals surface area contributed by atoms with E-state index in [1.807, 2.05) is 12.1 Å². The minimum absolute atomic E-state index is 0.118. The molecule has 4 fully saturated rings. The number of ether oxygens (including phenoxy) is 2. The summed E-state index contributed by atoms with van der Waals surface area (Å²) in [5.41, 5.74) is 0.118. The van der Waals surface area contributed by atoms with Gasteiger partial charge in [0.15, 0.2) is 6.29 Å². The van der Waals surface area contributed by atoms with Crippen LogP contribution in [0.25, 0.3) is 0 Å². The van der Waals surface area contributed by atoms with Crippen molar-refractivity contribution in [2.45, 2.75) is 62.2 Å². The smallest absolute Gasteiger partial charge is 0.197 e. The van der Waals surface area contributed by atoms with Gasteiger partial charge in [0.25, 0.3) is 0 Å². The Morgan fingerprint density at radius 1 is 1.00 bits per heavy atom. The predicted molar refractivity (Wildman–Crippen MR) is 90.3 cm³/mol. The molecule has 0 N–H and O–H groups in total. The average Bonchev–Trinajstić information content (AvgIpc) is 2.45. The first-order valence-corrected chi connectivity index (χ1v) is 9.85. The van der Waals surface area contributed by atoms with Crippen LogP contribution in [0.2, 0.25) is 0 Å². The summed E-state index contributed by atoms with van der Waals surface area (Å²) in [6.07, 6.45) is 10.1. The lowest BCUT2D eigenvalue weighted by atomic mass is 9.54. The molecule has 0 amide bonds. The lowest BCUT2D eigenvalue weighted by Crippen LogP contribution is -2.53. The van der Waals surface area contributed by atoms with Gasteiger partial charge in [-0.1, -0.05) is 0 Å². The van der Waals surface area contributed by atoms with E-state index in [0.29, 0.717) is 0 Å². The third-order valence-electron chi connectivity index (χ3n) is 5.76. The molecule has 4 aliphatic carbocycles. The first kappa shape index (κ1) is 14.9. The predicted octanol–water partition coefficient (Wildman–Crippen LogP) is 5.12. The maximum absolute atomic E-state index is 6.48. The standard InChI is InChI=1S/C19H26O2S/c1-13(20-17-3-5-18(22-2)6-4-17)21-19-10-14-7-15(11-19)9-16(8-14)12-19/h3-6,13-16H,7-12H2,1-2H3. The van der Waals surface area contributed by atoms with Gasteiger partial charge >= 0.3 is 0 Å². The van der Waals surface area contributed by atoms with E-state index in [4.69, 9.17) is 9.47 Å². The highest BCUT2D eigenvalue weighted by Gasteiger charge is 2.52. The normalized spacial score (nSPS) is 37.3. The van der Waals surface area contributed by atoms with Gasteiger partial charge in [0.2, 0.25) is 0 Å². The molecule has 4 bridgehead atoms. The minimum Gasteiger partial charge on any atom is -0.465 e. The molecule has 0 saturated heterocycles. The molecule has 2 nitrogen and oxygen atoms in total. The molecule has 4 saturated carbocycles. The van der Waals surface area contributed by atoms with E-state index in [0.717, 1.165) is 23.5 Å². The summed E-state index contributed by atoms with van der Waals surface area (Å²) in [5, 5.41) is 0.